The number of aromatic amines is 1. The Morgan fingerprint density at radius 1 is 1.50 bits per heavy atom. The Hall–Kier alpha value is -2.35. The van der Waals surface area contributed by atoms with Crippen LogP contribution in [0, 0.1) is 11.3 Å². The maximum Gasteiger partial charge on any atom is 0.266 e. The average molecular weight is 245 g/mol. The van der Waals surface area contributed by atoms with Crippen molar-refractivity contribution in [2.24, 2.45) is 5.73 Å². The number of carbonyl (C=O) groups excluding carboxylic acids is 1. The molecule has 0 bridgehead atoms. The van der Waals surface area contributed by atoms with Crippen LogP contribution >= 0.6 is 0 Å². The Labute approximate surface area is 105 Å². The molecule has 0 aliphatic carbocycles. The van der Waals surface area contributed by atoms with E-state index in [-0.39, 0.29) is 11.3 Å². The highest BCUT2D eigenvalue weighted by Gasteiger charge is 2.15. The molecule has 1 aromatic heterocycles. The lowest BCUT2D eigenvalue weighted by Gasteiger charge is -2.10. The van der Waals surface area contributed by atoms with Crippen LogP contribution in [0.2, 0.25) is 0 Å². The normalized spacial score (nSPS) is 11.7. The molecule has 5 nitrogen and oxygen atoms in total. The summed E-state index contributed by atoms with van der Waals surface area (Å²) < 4.78 is 0. The minimum absolute atomic E-state index is 0.0713. The summed E-state index contributed by atoms with van der Waals surface area (Å²) in [6.45, 7) is 5.13. The molecular formula is C13H15N3O2. The van der Waals surface area contributed by atoms with E-state index in [1.807, 2.05) is 0 Å². The Kier molecular flexibility index (Phi) is 4.05. The fraction of sp³-hybridized carbons (Fsp3) is 0.308. The lowest BCUT2D eigenvalue weighted by molar-refractivity contribution is 0.0987. The minimum atomic E-state index is -0.513. The summed E-state index contributed by atoms with van der Waals surface area (Å²) in [6.07, 6.45) is 0.292. The molecule has 0 radical (unpaired) electrons. The number of nitrogens with zero attached hydrogens (tertiary/aromatic N) is 1. The van der Waals surface area contributed by atoms with Crippen molar-refractivity contribution >= 4 is 11.4 Å². The number of aromatic nitrogens is 1. The number of rotatable bonds is 3. The first-order valence-electron chi connectivity index (χ1n) is 5.56. The molecule has 0 aliphatic heterocycles. The van der Waals surface area contributed by atoms with Gasteiger partial charge in [-0.2, -0.15) is 5.26 Å². The summed E-state index contributed by atoms with van der Waals surface area (Å²) >= 11 is 0. The zero-order chi connectivity index (χ0) is 13.9. The number of pyridine rings is 1. The van der Waals surface area contributed by atoms with Gasteiger partial charge in [0.1, 0.15) is 11.6 Å². The summed E-state index contributed by atoms with van der Waals surface area (Å²) in [5.41, 5.74) is 6.97. The molecule has 1 heterocycles. The third kappa shape index (κ3) is 2.48. The van der Waals surface area contributed by atoms with E-state index in [1.54, 1.807) is 26.8 Å². The van der Waals surface area contributed by atoms with Crippen LogP contribution in [0.25, 0.3) is 5.57 Å². The number of nitrogens with two attached hydrogens (primary N) is 1. The van der Waals surface area contributed by atoms with Gasteiger partial charge in [0.15, 0.2) is 5.78 Å². The van der Waals surface area contributed by atoms with E-state index in [1.165, 1.54) is 6.07 Å². The summed E-state index contributed by atoms with van der Waals surface area (Å²) in [5, 5.41) is 8.82. The van der Waals surface area contributed by atoms with Gasteiger partial charge in [0.05, 0.1) is 5.69 Å². The zero-order valence-corrected chi connectivity index (χ0v) is 10.6. The van der Waals surface area contributed by atoms with Crippen molar-refractivity contribution in [1.82, 2.24) is 4.98 Å². The highest BCUT2D eigenvalue weighted by atomic mass is 16.1. The van der Waals surface area contributed by atoms with Crippen LogP contribution < -0.4 is 11.3 Å². The molecule has 18 heavy (non-hydrogen) atoms. The number of hydrogen-bond acceptors (Lipinski definition) is 4. The van der Waals surface area contributed by atoms with E-state index in [9.17, 15) is 9.59 Å². The highest BCUT2D eigenvalue weighted by Crippen LogP contribution is 2.19. The van der Waals surface area contributed by atoms with Gasteiger partial charge in [-0.15, -0.1) is 0 Å². The molecule has 0 fully saturated rings. The van der Waals surface area contributed by atoms with Crippen molar-refractivity contribution in [1.29, 1.82) is 5.26 Å². The van der Waals surface area contributed by atoms with Crippen LogP contribution in [0.15, 0.2) is 16.6 Å². The molecule has 0 saturated carbocycles. The number of H-pyrrole nitrogens is 1. The van der Waals surface area contributed by atoms with Gasteiger partial charge in [0, 0.05) is 17.7 Å². The van der Waals surface area contributed by atoms with Gasteiger partial charge >= 0.3 is 0 Å². The molecule has 1 rings (SSSR count). The zero-order valence-electron chi connectivity index (χ0n) is 10.6. The van der Waals surface area contributed by atoms with Crippen molar-refractivity contribution in [2.45, 2.75) is 27.2 Å². The molecule has 94 valence electrons. The molecule has 0 saturated heterocycles. The number of ketones is 1. The standard InChI is InChI=1S/C13H15N3O2/c1-4-11(17)10-5-9(6-14)13(18)16-12(10)7(2)8(3)15/h5H,4,15H2,1-3H3,(H,16,18). The third-order valence-corrected chi connectivity index (χ3v) is 2.75. The second-order valence-electron chi connectivity index (χ2n) is 4.00. The Balaban J connectivity index is 3.66. The molecule has 0 aliphatic rings. The quantitative estimate of drug-likeness (QED) is 0.789. The van der Waals surface area contributed by atoms with Gasteiger partial charge in [0.25, 0.3) is 5.56 Å². The third-order valence-electron chi connectivity index (χ3n) is 2.75. The van der Waals surface area contributed by atoms with E-state index in [0.29, 0.717) is 28.9 Å². The first kappa shape index (κ1) is 13.7. The molecule has 0 aromatic carbocycles. The molecule has 0 amide bonds. The van der Waals surface area contributed by atoms with Gasteiger partial charge in [-0.1, -0.05) is 6.92 Å². The first-order chi connectivity index (χ1) is 8.42. The number of allylic oxidation sites excluding steroid dienone is 2. The van der Waals surface area contributed by atoms with Crippen molar-refractivity contribution in [3.63, 3.8) is 0 Å². The minimum Gasteiger partial charge on any atom is -0.402 e. The average Bonchev–Trinajstić information content (AvgIpc) is 2.36. The van der Waals surface area contributed by atoms with Crippen molar-refractivity contribution in [2.75, 3.05) is 0 Å². The summed E-state index contributed by atoms with van der Waals surface area (Å²) in [4.78, 5) is 26.0. The van der Waals surface area contributed by atoms with Crippen LogP contribution in [0.3, 0.4) is 0 Å². The second kappa shape index (κ2) is 5.32. The maximum atomic E-state index is 11.8. The molecule has 0 atom stereocenters. The Morgan fingerprint density at radius 3 is 2.56 bits per heavy atom. The van der Waals surface area contributed by atoms with Crippen LogP contribution in [-0.2, 0) is 0 Å². The monoisotopic (exact) mass is 245 g/mol. The number of carbonyl (C=O) groups is 1. The molecule has 3 N–H and O–H groups in total. The van der Waals surface area contributed by atoms with E-state index >= 15 is 0 Å². The lowest BCUT2D eigenvalue weighted by Crippen LogP contribution is -2.17. The van der Waals surface area contributed by atoms with Gasteiger partial charge in [-0.05, 0) is 25.5 Å². The largest absolute Gasteiger partial charge is 0.402 e. The number of Topliss-reactive ketones (excluding diaryl/α,β-unsaturated/α-hetero) is 1. The topological polar surface area (TPSA) is 99.7 Å². The Morgan fingerprint density at radius 2 is 2.11 bits per heavy atom. The lowest BCUT2D eigenvalue weighted by atomic mass is 10.00. The molecular weight excluding hydrogens is 230 g/mol. The SMILES string of the molecule is CCC(=O)c1cc(C#N)c(=O)[nH]c1C(C)=C(C)N. The van der Waals surface area contributed by atoms with E-state index in [4.69, 9.17) is 11.0 Å². The van der Waals surface area contributed by atoms with Crippen molar-refractivity contribution in [3.05, 3.63) is 38.9 Å². The molecule has 0 spiro atoms. The van der Waals surface area contributed by atoms with Crippen LogP contribution in [0.1, 0.15) is 48.8 Å². The highest BCUT2D eigenvalue weighted by molar-refractivity contribution is 6.00. The number of nitriles is 1. The summed E-state index contributed by atoms with van der Waals surface area (Å²) in [5.74, 6) is -0.140. The number of nitrogens with one attached hydrogen (secondary N) is 1. The Bertz CT molecular complexity index is 614. The van der Waals surface area contributed by atoms with Gasteiger partial charge in [-0.25, -0.2) is 0 Å². The summed E-state index contributed by atoms with van der Waals surface area (Å²) in [6, 6.07) is 3.09. The van der Waals surface area contributed by atoms with Crippen LogP contribution in [-0.4, -0.2) is 10.8 Å². The fourth-order valence-electron chi connectivity index (χ4n) is 1.52. The van der Waals surface area contributed by atoms with E-state index < -0.39 is 5.56 Å². The predicted molar refractivity (Wildman–Crippen MR) is 68.9 cm³/mol. The van der Waals surface area contributed by atoms with E-state index in [2.05, 4.69) is 4.98 Å². The number of hydrogen-bond donors (Lipinski definition) is 2. The summed E-state index contributed by atoms with van der Waals surface area (Å²) in [7, 11) is 0. The molecule has 5 heteroatoms. The van der Waals surface area contributed by atoms with E-state index in [0.717, 1.165) is 0 Å². The van der Waals surface area contributed by atoms with Crippen molar-refractivity contribution < 1.29 is 4.79 Å². The second-order valence-corrected chi connectivity index (χ2v) is 4.00. The van der Waals surface area contributed by atoms with Gasteiger partial charge in [0.2, 0.25) is 0 Å². The predicted octanol–water partition coefficient (Wildman–Crippen LogP) is 1.55. The maximum absolute atomic E-state index is 11.8. The van der Waals surface area contributed by atoms with Crippen molar-refractivity contribution in [3.8, 4) is 6.07 Å². The fourth-order valence-corrected chi connectivity index (χ4v) is 1.52. The molecule has 1 aromatic rings. The first-order valence-corrected chi connectivity index (χ1v) is 5.56. The smallest absolute Gasteiger partial charge is 0.266 e. The van der Waals surface area contributed by atoms with Crippen LogP contribution in [0.4, 0.5) is 0 Å². The van der Waals surface area contributed by atoms with Crippen LogP contribution in [0.5, 0.6) is 0 Å². The van der Waals surface area contributed by atoms with Gasteiger partial charge in [-0.3, -0.25) is 9.59 Å². The molecule has 0 unspecified atom stereocenters. The van der Waals surface area contributed by atoms with Gasteiger partial charge < -0.3 is 10.7 Å².